The molecule has 0 saturated carbocycles. The molecule has 94 valence electrons. The third-order valence-electron chi connectivity index (χ3n) is 3.25. The van der Waals surface area contributed by atoms with Crippen LogP contribution in [-0.4, -0.2) is 19.1 Å². The van der Waals surface area contributed by atoms with E-state index in [1.807, 2.05) is 0 Å². The molecule has 1 fully saturated rings. The van der Waals surface area contributed by atoms with Gasteiger partial charge in [0.15, 0.2) is 0 Å². The minimum absolute atomic E-state index is 0.0268. The Morgan fingerprint density at radius 2 is 2.24 bits per heavy atom. The Hall–Kier alpha value is -0.310. The van der Waals surface area contributed by atoms with Crippen LogP contribution in [-0.2, 0) is 11.2 Å². The van der Waals surface area contributed by atoms with Crippen molar-refractivity contribution in [1.29, 1.82) is 0 Å². The molecule has 1 aromatic rings. The lowest BCUT2D eigenvalue weighted by Crippen LogP contribution is -2.35. The highest BCUT2D eigenvalue weighted by molar-refractivity contribution is 6.30. The molecule has 1 aliphatic heterocycles. The second-order valence-electron chi connectivity index (χ2n) is 4.72. The SMILES string of the molecule is Fc1ccc(CC2(CCl)CCCOC2)cc1Cl. The third kappa shape index (κ3) is 3.12. The molecule has 0 aliphatic carbocycles. The highest BCUT2D eigenvalue weighted by atomic mass is 35.5. The maximum Gasteiger partial charge on any atom is 0.141 e. The van der Waals surface area contributed by atoms with Crippen LogP contribution in [0.5, 0.6) is 0 Å². The zero-order valence-electron chi connectivity index (χ0n) is 9.52. The van der Waals surface area contributed by atoms with E-state index in [1.54, 1.807) is 12.1 Å². The number of rotatable bonds is 3. The van der Waals surface area contributed by atoms with Crippen LogP contribution in [0.15, 0.2) is 18.2 Å². The average Bonchev–Trinajstić information content (AvgIpc) is 2.35. The summed E-state index contributed by atoms with van der Waals surface area (Å²) in [5, 5.41) is 0.170. The van der Waals surface area contributed by atoms with Crippen molar-refractivity contribution in [2.24, 2.45) is 5.41 Å². The van der Waals surface area contributed by atoms with Crippen LogP contribution in [0.4, 0.5) is 4.39 Å². The second-order valence-corrected chi connectivity index (χ2v) is 5.39. The summed E-state index contributed by atoms with van der Waals surface area (Å²) >= 11 is 11.9. The highest BCUT2D eigenvalue weighted by Crippen LogP contribution is 2.34. The Morgan fingerprint density at radius 1 is 1.41 bits per heavy atom. The van der Waals surface area contributed by atoms with E-state index in [9.17, 15) is 4.39 Å². The fourth-order valence-electron chi connectivity index (χ4n) is 2.28. The standard InChI is InChI=1S/C13H15Cl2FO/c14-8-13(4-1-5-17-9-13)7-10-2-3-12(16)11(15)6-10/h2-3,6H,1,4-5,7-9H2. The summed E-state index contributed by atoms with van der Waals surface area (Å²) in [7, 11) is 0. The summed E-state index contributed by atoms with van der Waals surface area (Å²) < 4.78 is 18.6. The first kappa shape index (κ1) is 13.1. The molecule has 0 bridgehead atoms. The van der Waals surface area contributed by atoms with Crippen molar-refractivity contribution in [3.63, 3.8) is 0 Å². The molecule has 4 heteroatoms. The summed E-state index contributed by atoms with van der Waals surface area (Å²) in [4.78, 5) is 0. The van der Waals surface area contributed by atoms with Crippen molar-refractivity contribution < 1.29 is 9.13 Å². The maximum atomic E-state index is 13.1. The Bertz CT molecular complexity index is 389. The van der Waals surface area contributed by atoms with Gasteiger partial charge in [-0.25, -0.2) is 4.39 Å². The molecule has 1 heterocycles. The lowest BCUT2D eigenvalue weighted by Gasteiger charge is -2.35. The molecule has 1 atom stereocenters. The van der Waals surface area contributed by atoms with Crippen molar-refractivity contribution in [3.8, 4) is 0 Å². The molecule has 0 N–H and O–H groups in total. The predicted molar refractivity (Wildman–Crippen MR) is 68.3 cm³/mol. The zero-order chi connectivity index (χ0) is 12.3. The highest BCUT2D eigenvalue weighted by Gasteiger charge is 2.32. The molecule has 1 unspecified atom stereocenters. The Kier molecular flexibility index (Phi) is 4.29. The van der Waals surface area contributed by atoms with Gasteiger partial charge in [-0.1, -0.05) is 17.7 Å². The smallest absolute Gasteiger partial charge is 0.141 e. The normalized spacial score (nSPS) is 24.9. The van der Waals surface area contributed by atoms with Crippen LogP contribution in [0.3, 0.4) is 0 Å². The van der Waals surface area contributed by atoms with Crippen molar-refractivity contribution in [2.75, 3.05) is 19.1 Å². The van der Waals surface area contributed by atoms with E-state index in [0.29, 0.717) is 12.5 Å². The molecule has 1 saturated heterocycles. The minimum atomic E-state index is -0.379. The van der Waals surface area contributed by atoms with E-state index in [1.165, 1.54) is 6.07 Å². The molecular formula is C13H15Cl2FO. The van der Waals surface area contributed by atoms with E-state index < -0.39 is 0 Å². The van der Waals surface area contributed by atoms with Crippen molar-refractivity contribution in [3.05, 3.63) is 34.6 Å². The number of alkyl halides is 1. The molecule has 0 aromatic heterocycles. The van der Waals surface area contributed by atoms with Gasteiger partial charge in [0.25, 0.3) is 0 Å². The number of ether oxygens (including phenoxy) is 1. The van der Waals surface area contributed by atoms with Crippen molar-refractivity contribution in [1.82, 2.24) is 0 Å². The van der Waals surface area contributed by atoms with Gasteiger partial charge in [0.1, 0.15) is 5.82 Å². The molecule has 0 radical (unpaired) electrons. The summed E-state index contributed by atoms with van der Waals surface area (Å²) in [6.07, 6.45) is 2.86. The van der Waals surface area contributed by atoms with Crippen LogP contribution in [0, 0.1) is 11.2 Å². The van der Waals surface area contributed by atoms with Crippen LogP contribution in [0.1, 0.15) is 18.4 Å². The van der Waals surface area contributed by atoms with Crippen LogP contribution in [0.25, 0.3) is 0 Å². The average molecular weight is 277 g/mol. The topological polar surface area (TPSA) is 9.23 Å². The van der Waals surface area contributed by atoms with Gasteiger partial charge < -0.3 is 4.74 Å². The largest absolute Gasteiger partial charge is 0.381 e. The van der Waals surface area contributed by atoms with Crippen molar-refractivity contribution >= 4 is 23.2 Å². The predicted octanol–water partition coefficient (Wildman–Crippen LogP) is 4.06. The van der Waals surface area contributed by atoms with Crippen LogP contribution < -0.4 is 0 Å². The van der Waals surface area contributed by atoms with Gasteiger partial charge in [-0.05, 0) is 37.0 Å². The summed E-state index contributed by atoms with van der Waals surface area (Å²) in [6, 6.07) is 4.85. The number of halogens is 3. The zero-order valence-corrected chi connectivity index (χ0v) is 11.0. The summed E-state index contributed by atoms with van der Waals surface area (Å²) in [6.45, 7) is 1.48. The minimum Gasteiger partial charge on any atom is -0.381 e. The fourth-order valence-corrected chi connectivity index (χ4v) is 2.79. The molecule has 2 rings (SSSR count). The number of hydrogen-bond acceptors (Lipinski definition) is 1. The van der Waals surface area contributed by atoms with Crippen molar-refractivity contribution in [2.45, 2.75) is 19.3 Å². The summed E-state index contributed by atoms with van der Waals surface area (Å²) in [5.74, 6) is 0.178. The van der Waals surface area contributed by atoms with Crippen LogP contribution in [0.2, 0.25) is 5.02 Å². The van der Waals surface area contributed by atoms with Gasteiger partial charge in [0.05, 0.1) is 11.6 Å². The van der Waals surface area contributed by atoms with E-state index in [-0.39, 0.29) is 16.3 Å². The lowest BCUT2D eigenvalue weighted by atomic mass is 9.79. The van der Waals surface area contributed by atoms with E-state index >= 15 is 0 Å². The van der Waals surface area contributed by atoms with E-state index in [4.69, 9.17) is 27.9 Å². The van der Waals surface area contributed by atoms with Gasteiger partial charge in [0.2, 0.25) is 0 Å². The van der Waals surface area contributed by atoms with Gasteiger partial charge in [-0.2, -0.15) is 0 Å². The lowest BCUT2D eigenvalue weighted by molar-refractivity contribution is 0.00477. The number of benzene rings is 1. The molecular weight excluding hydrogens is 262 g/mol. The van der Waals surface area contributed by atoms with Gasteiger partial charge in [0, 0.05) is 17.9 Å². The van der Waals surface area contributed by atoms with E-state index in [2.05, 4.69) is 0 Å². The third-order valence-corrected chi connectivity index (χ3v) is 4.11. The Morgan fingerprint density at radius 3 is 2.82 bits per heavy atom. The van der Waals surface area contributed by atoms with E-state index in [0.717, 1.165) is 31.4 Å². The maximum absolute atomic E-state index is 13.1. The molecule has 17 heavy (non-hydrogen) atoms. The Labute approximate surface area is 111 Å². The summed E-state index contributed by atoms with van der Waals surface area (Å²) in [5.41, 5.74) is 0.989. The first-order valence-electron chi connectivity index (χ1n) is 5.73. The molecule has 1 nitrogen and oxygen atoms in total. The molecule has 0 spiro atoms. The first-order chi connectivity index (χ1) is 8.15. The number of hydrogen-bond donors (Lipinski definition) is 0. The first-order valence-corrected chi connectivity index (χ1v) is 6.64. The van der Waals surface area contributed by atoms with Crippen LogP contribution >= 0.6 is 23.2 Å². The van der Waals surface area contributed by atoms with Gasteiger partial charge in [-0.3, -0.25) is 0 Å². The molecule has 0 amide bonds. The second kappa shape index (κ2) is 5.55. The van der Waals surface area contributed by atoms with Gasteiger partial charge in [-0.15, -0.1) is 11.6 Å². The quantitative estimate of drug-likeness (QED) is 0.757. The Balaban J connectivity index is 2.14. The van der Waals surface area contributed by atoms with Gasteiger partial charge >= 0.3 is 0 Å². The molecule has 1 aliphatic rings. The molecule has 1 aromatic carbocycles. The fraction of sp³-hybridized carbons (Fsp3) is 0.538. The monoisotopic (exact) mass is 276 g/mol.